The second-order valence-electron chi connectivity index (χ2n) is 5.94. The van der Waals surface area contributed by atoms with Gasteiger partial charge in [-0.15, -0.1) is 0 Å². The Balaban J connectivity index is 1.75. The highest BCUT2D eigenvalue weighted by molar-refractivity contribution is 5.72. The molecule has 1 saturated carbocycles. The topological polar surface area (TPSA) is 38.3 Å². The van der Waals surface area contributed by atoms with Gasteiger partial charge in [0.05, 0.1) is 12.5 Å². The van der Waals surface area contributed by atoms with Crippen molar-refractivity contribution >= 4 is 5.97 Å². The number of carbonyl (C=O) groups excluding carboxylic acids is 1. The van der Waals surface area contributed by atoms with E-state index in [-0.39, 0.29) is 11.9 Å². The molecule has 21 heavy (non-hydrogen) atoms. The zero-order chi connectivity index (χ0) is 15.1. The number of carbonyl (C=O) groups is 1. The van der Waals surface area contributed by atoms with Gasteiger partial charge in [0.15, 0.2) is 0 Å². The van der Waals surface area contributed by atoms with Crippen LogP contribution in [0.1, 0.15) is 43.7 Å². The van der Waals surface area contributed by atoms with Gasteiger partial charge >= 0.3 is 5.97 Å². The van der Waals surface area contributed by atoms with Gasteiger partial charge in [-0.05, 0) is 57.2 Å². The van der Waals surface area contributed by atoms with E-state index in [1.54, 1.807) is 0 Å². The van der Waals surface area contributed by atoms with E-state index in [1.807, 2.05) is 6.92 Å². The van der Waals surface area contributed by atoms with Crippen LogP contribution in [0.5, 0.6) is 0 Å². The predicted molar refractivity (Wildman–Crippen MR) is 85.3 cm³/mol. The monoisotopic (exact) mass is 289 g/mol. The minimum Gasteiger partial charge on any atom is -0.466 e. The number of ether oxygens (including phenoxy) is 1. The van der Waals surface area contributed by atoms with E-state index in [9.17, 15) is 4.79 Å². The van der Waals surface area contributed by atoms with Gasteiger partial charge in [0.1, 0.15) is 0 Å². The molecule has 0 aromatic heterocycles. The zero-order valence-electron chi connectivity index (χ0n) is 13.2. The molecule has 0 amide bonds. The Hall–Kier alpha value is -1.35. The molecule has 0 bridgehead atoms. The van der Waals surface area contributed by atoms with E-state index < -0.39 is 0 Å². The fraction of sp³-hybridized carbons (Fsp3) is 0.611. The molecular weight excluding hydrogens is 262 g/mol. The average molecular weight is 289 g/mol. The first kappa shape index (κ1) is 16.0. The van der Waals surface area contributed by atoms with Crippen molar-refractivity contribution in [2.45, 2.75) is 52.0 Å². The summed E-state index contributed by atoms with van der Waals surface area (Å²) in [6.07, 6.45) is 5.24. The molecule has 116 valence electrons. The van der Waals surface area contributed by atoms with Crippen LogP contribution in [0.15, 0.2) is 24.3 Å². The Morgan fingerprint density at radius 3 is 2.90 bits per heavy atom. The highest BCUT2D eigenvalue weighted by Crippen LogP contribution is 2.25. The molecule has 0 heterocycles. The van der Waals surface area contributed by atoms with Crippen molar-refractivity contribution in [2.75, 3.05) is 13.2 Å². The van der Waals surface area contributed by atoms with Gasteiger partial charge in [-0.1, -0.05) is 30.7 Å². The Morgan fingerprint density at radius 2 is 2.14 bits per heavy atom. The maximum atomic E-state index is 11.8. The second-order valence-corrected chi connectivity index (χ2v) is 5.94. The summed E-state index contributed by atoms with van der Waals surface area (Å²) in [6.45, 7) is 5.50. The third kappa shape index (κ3) is 4.85. The van der Waals surface area contributed by atoms with E-state index in [0.717, 1.165) is 32.2 Å². The zero-order valence-corrected chi connectivity index (χ0v) is 13.2. The molecule has 3 nitrogen and oxygen atoms in total. The molecule has 0 radical (unpaired) electrons. The molecular formula is C18H27NO2. The van der Waals surface area contributed by atoms with Crippen LogP contribution in [0.4, 0.5) is 0 Å². The smallest absolute Gasteiger partial charge is 0.308 e. The van der Waals surface area contributed by atoms with Crippen molar-refractivity contribution in [1.29, 1.82) is 0 Å². The lowest BCUT2D eigenvalue weighted by molar-refractivity contribution is -0.149. The van der Waals surface area contributed by atoms with Gasteiger partial charge < -0.3 is 10.1 Å². The Kier molecular flexibility index (Phi) is 6.24. The van der Waals surface area contributed by atoms with Crippen LogP contribution in [0.25, 0.3) is 0 Å². The SMILES string of the molecule is CCOC(=O)C1CCCC(NCCc2ccccc2C)C1. The summed E-state index contributed by atoms with van der Waals surface area (Å²) < 4.78 is 5.15. The summed E-state index contributed by atoms with van der Waals surface area (Å²) in [5.41, 5.74) is 2.76. The Labute approximate surface area is 128 Å². The van der Waals surface area contributed by atoms with Crippen LogP contribution in [-0.4, -0.2) is 25.2 Å². The van der Waals surface area contributed by atoms with Crippen LogP contribution >= 0.6 is 0 Å². The average Bonchev–Trinajstić information content (AvgIpc) is 2.50. The van der Waals surface area contributed by atoms with Crippen molar-refractivity contribution in [1.82, 2.24) is 5.32 Å². The minimum atomic E-state index is -0.0112. The predicted octanol–water partition coefficient (Wildman–Crippen LogP) is 3.25. The molecule has 1 fully saturated rings. The van der Waals surface area contributed by atoms with Crippen molar-refractivity contribution in [3.05, 3.63) is 35.4 Å². The van der Waals surface area contributed by atoms with Crippen LogP contribution < -0.4 is 5.32 Å². The minimum absolute atomic E-state index is 0.0112. The van der Waals surface area contributed by atoms with Gasteiger partial charge in [0.2, 0.25) is 0 Å². The fourth-order valence-electron chi connectivity index (χ4n) is 3.15. The number of hydrogen-bond donors (Lipinski definition) is 1. The van der Waals surface area contributed by atoms with Crippen molar-refractivity contribution < 1.29 is 9.53 Å². The number of esters is 1. The molecule has 2 rings (SSSR count). The van der Waals surface area contributed by atoms with E-state index >= 15 is 0 Å². The van der Waals surface area contributed by atoms with E-state index in [2.05, 4.69) is 36.5 Å². The summed E-state index contributed by atoms with van der Waals surface area (Å²) in [4.78, 5) is 11.8. The van der Waals surface area contributed by atoms with Gasteiger partial charge in [0.25, 0.3) is 0 Å². The van der Waals surface area contributed by atoms with Gasteiger partial charge in [-0.25, -0.2) is 0 Å². The lowest BCUT2D eigenvalue weighted by Crippen LogP contribution is -2.37. The number of nitrogens with one attached hydrogen (secondary N) is 1. The molecule has 1 aromatic rings. The molecule has 3 heteroatoms. The third-order valence-corrected chi connectivity index (χ3v) is 4.38. The first-order valence-corrected chi connectivity index (χ1v) is 8.15. The van der Waals surface area contributed by atoms with Gasteiger partial charge in [-0.3, -0.25) is 4.79 Å². The maximum absolute atomic E-state index is 11.8. The van der Waals surface area contributed by atoms with E-state index in [1.165, 1.54) is 17.5 Å². The molecule has 1 aliphatic carbocycles. The Morgan fingerprint density at radius 1 is 1.33 bits per heavy atom. The summed E-state index contributed by atoms with van der Waals surface area (Å²) in [5.74, 6) is 0.0811. The molecule has 1 aromatic carbocycles. The summed E-state index contributed by atoms with van der Waals surface area (Å²) >= 11 is 0. The molecule has 0 spiro atoms. The quantitative estimate of drug-likeness (QED) is 0.817. The second kappa shape index (κ2) is 8.18. The van der Waals surface area contributed by atoms with Crippen LogP contribution in [0.2, 0.25) is 0 Å². The van der Waals surface area contributed by atoms with E-state index in [0.29, 0.717) is 12.6 Å². The van der Waals surface area contributed by atoms with Gasteiger partial charge in [-0.2, -0.15) is 0 Å². The summed E-state index contributed by atoms with van der Waals surface area (Å²) in [6, 6.07) is 8.99. The number of aryl methyl sites for hydroxylation is 1. The van der Waals surface area contributed by atoms with Crippen LogP contribution in [0, 0.1) is 12.8 Å². The van der Waals surface area contributed by atoms with Crippen molar-refractivity contribution in [3.63, 3.8) is 0 Å². The number of hydrogen-bond acceptors (Lipinski definition) is 3. The van der Waals surface area contributed by atoms with Crippen molar-refractivity contribution in [3.8, 4) is 0 Å². The molecule has 2 atom stereocenters. The molecule has 1 N–H and O–H groups in total. The first-order chi connectivity index (χ1) is 10.2. The maximum Gasteiger partial charge on any atom is 0.308 e. The van der Waals surface area contributed by atoms with Crippen LogP contribution in [-0.2, 0) is 16.0 Å². The first-order valence-electron chi connectivity index (χ1n) is 8.15. The normalized spacial score (nSPS) is 22.0. The van der Waals surface area contributed by atoms with E-state index in [4.69, 9.17) is 4.74 Å². The summed E-state index contributed by atoms with van der Waals surface area (Å²) in [7, 11) is 0. The largest absolute Gasteiger partial charge is 0.466 e. The lowest BCUT2D eigenvalue weighted by Gasteiger charge is -2.28. The fourth-order valence-corrected chi connectivity index (χ4v) is 3.15. The molecule has 1 aliphatic rings. The van der Waals surface area contributed by atoms with Crippen molar-refractivity contribution in [2.24, 2.45) is 5.92 Å². The third-order valence-electron chi connectivity index (χ3n) is 4.38. The van der Waals surface area contributed by atoms with Gasteiger partial charge in [0, 0.05) is 6.04 Å². The molecule has 0 saturated heterocycles. The summed E-state index contributed by atoms with van der Waals surface area (Å²) in [5, 5.41) is 3.62. The van der Waals surface area contributed by atoms with Crippen LogP contribution in [0.3, 0.4) is 0 Å². The lowest BCUT2D eigenvalue weighted by atomic mass is 9.85. The Bertz CT molecular complexity index is 458. The standard InChI is InChI=1S/C18H27NO2/c1-3-21-18(20)16-9-6-10-17(13-16)19-12-11-15-8-5-4-7-14(15)2/h4-5,7-8,16-17,19H,3,6,9-13H2,1-2H3. The highest BCUT2D eigenvalue weighted by atomic mass is 16.5. The molecule has 2 unspecified atom stereocenters. The number of benzene rings is 1. The highest BCUT2D eigenvalue weighted by Gasteiger charge is 2.27. The molecule has 0 aliphatic heterocycles. The number of rotatable bonds is 6.